The molecule has 1 amide bonds. The van der Waals surface area contributed by atoms with Gasteiger partial charge in [-0.3, -0.25) is 4.79 Å². The SMILES string of the molecule is CC(C)CNC(=O)[C@H](C)Oc1ccc(S(=O)(=O)NC2CCCCCCC2)cc1. The van der Waals surface area contributed by atoms with Gasteiger partial charge >= 0.3 is 0 Å². The number of hydrogen-bond acceptors (Lipinski definition) is 4. The Morgan fingerprint density at radius 3 is 2.18 bits per heavy atom. The van der Waals surface area contributed by atoms with Crippen LogP contribution in [0.2, 0.25) is 0 Å². The minimum atomic E-state index is -3.55. The lowest BCUT2D eigenvalue weighted by molar-refractivity contribution is -0.127. The van der Waals surface area contributed by atoms with Crippen molar-refractivity contribution >= 4 is 15.9 Å². The minimum Gasteiger partial charge on any atom is -0.481 e. The first kappa shape index (κ1) is 22.7. The van der Waals surface area contributed by atoms with Crippen molar-refractivity contribution in [2.45, 2.75) is 82.8 Å². The zero-order valence-electron chi connectivity index (χ0n) is 17.2. The topological polar surface area (TPSA) is 84.5 Å². The van der Waals surface area contributed by atoms with Gasteiger partial charge in [0.25, 0.3) is 5.91 Å². The van der Waals surface area contributed by atoms with Crippen LogP contribution in [0, 0.1) is 5.92 Å². The van der Waals surface area contributed by atoms with Crippen molar-refractivity contribution in [3.8, 4) is 5.75 Å². The average molecular weight is 411 g/mol. The summed E-state index contributed by atoms with van der Waals surface area (Å²) in [5.41, 5.74) is 0. The van der Waals surface area contributed by atoms with E-state index < -0.39 is 16.1 Å². The minimum absolute atomic E-state index is 0.00546. The molecule has 2 N–H and O–H groups in total. The maximum atomic E-state index is 12.7. The molecule has 0 saturated heterocycles. The van der Waals surface area contributed by atoms with Crippen LogP contribution >= 0.6 is 0 Å². The smallest absolute Gasteiger partial charge is 0.260 e. The summed E-state index contributed by atoms with van der Waals surface area (Å²) in [6.45, 7) is 6.32. The van der Waals surface area contributed by atoms with Crippen molar-refractivity contribution in [3.63, 3.8) is 0 Å². The molecule has 2 rings (SSSR count). The van der Waals surface area contributed by atoms with Crippen LogP contribution in [0.15, 0.2) is 29.2 Å². The highest BCUT2D eigenvalue weighted by atomic mass is 32.2. The number of rotatable bonds is 8. The highest BCUT2D eigenvalue weighted by molar-refractivity contribution is 7.89. The number of sulfonamides is 1. The molecule has 0 radical (unpaired) electrons. The molecule has 0 aliphatic heterocycles. The third-order valence-corrected chi connectivity index (χ3v) is 6.46. The lowest BCUT2D eigenvalue weighted by atomic mass is 9.97. The second-order valence-electron chi connectivity index (χ2n) is 8.03. The van der Waals surface area contributed by atoms with Crippen LogP contribution in [-0.4, -0.2) is 33.0 Å². The molecule has 0 spiro atoms. The van der Waals surface area contributed by atoms with Gasteiger partial charge in [-0.05, 0) is 49.9 Å². The molecule has 1 fully saturated rings. The van der Waals surface area contributed by atoms with E-state index in [0.29, 0.717) is 18.2 Å². The lowest BCUT2D eigenvalue weighted by Gasteiger charge is -2.21. The number of amides is 1. The Balaban J connectivity index is 1.93. The molecule has 28 heavy (non-hydrogen) atoms. The fourth-order valence-corrected chi connectivity index (χ4v) is 4.57. The van der Waals surface area contributed by atoms with Gasteiger partial charge in [-0.2, -0.15) is 0 Å². The number of carbonyl (C=O) groups excluding carboxylic acids is 1. The Morgan fingerprint density at radius 1 is 1.04 bits per heavy atom. The average Bonchev–Trinajstić information content (AvgIpc) is 2.62. The summed E-state index contributed by atoms with van der Waals surface area (Å²) < 4.78 is 33.8. The highest BCUT2D eigenvalue weighted by Crippen LogP contribution is 2.21. The normalized spacial score (nSPS) is 17.6. The van der Waals surface area contributed by atoms with Gasteiger partial charge in [0.1, 0.15) is 5.75 Å². The van der Waals surface area contributed by atoms with Crippen LogP contribution in [0.25, 0.3) is 0 Å². The third kappa shape index (κ3) is 7.43. The van der Waals surface area contributed by atoms with Gasteiger partial charge in [0.2, 0.25) is 10.0 Å². The Bertz CT molecular complexity index is 708. The van der Waals surface area contributed by atoms with Gasteiger partial charge < -0.3 is 10.1 Å². The van der Waals surface area contributed by atoms with Crippen molar-refractivity contribution in [1.29, 1.82) is 0 Å². The van der Waals surface area contributed by atoms with Gasteiger partial charge in [0.15, 0.2) is 6.10 Å². The van der Waals surface area contributed by atoms with E-state index in [1.165, 1.54) is 31.4 Å². The molecule has 0 heterocycles. The Kier molecular flexibility index (Phi) is 8.76. The molecule has 0 aromatic heterocycles. The molecule has 1 aromatic rings. The van der Waals surface area contributed by atoms with E-state index in [0.717, 1.165) is 25.7 Å². The summed E-state index contributed by atoms with van der Waals surface area (Å²) in [7, 11) is -3.55. The Labute approximate surface area is 169 Å². The molecule has 7 heteroatoms. The lowest BCUT2D eigenvalue weighted by Crippen LogP contribution is -2.38. The second kappa shape index (κ2) is 10.8. The molecule has 6 nitrogen and oxygen atoms in total. The molecular formula is C21H34N2O4S. The highest BCUT2D eigenvalue weighted by Gasteiger charge is 2.21. The predicted octanol–water partition coefficient (Wildman–Crippen LogP) is 3.62. The first-order valence-electron chi connectivity index (χ1n) is 10.3. The largest absolute Gasteiger partial charge is 0.481 e. The van der Waals surface area contributed by atoms with Crippen molar-refractivity contribution in [3.05, 3.63) is 24.3 Å². The zero-order chi connectivity index (χ0) is 20.6. The van der Waals surface area contributed by atoms with Crippen LogP contribution in [0.1, 0.15) is 65.7 Å². The summed E-state index contributed by atoms with van der Waals surface area (Å²) in [5, 5.41) is 2.82. The maximum Gasteiger partial charge on any atom is 0.260 e. The molecule has 0 bridgehead atoms. The Morgan fingerprint density at radius 2 is 1.61 bits per heavy atom. The summed E-state index contributed by atoms with van der Waals surface area (Å²) in [6.07, 6.45) is 6.87. The van der Waals surface area contributed by atoms with Crippen LogP contribution in [-0.2, 0) is 14.8 Å². The molecule has 1 aliphatic rings. The second-order valence-corrected chi connectivity index (χ2v) is 9.75. The van der Waals surface area contributed by atoms with Gasteiger partial charge in [-0.15, -0.1) is 0 Å². The summed E-state index contributed by atoms with van der Waals surface area (Å²) >= 11 is 0. The summed E-state index contributed by atoms with van der Waals surface area (Å²) in [4.78, 5) is 12.2. The van der Waals surface area contributed by atoms with Crippen LogP contribution in [0.5, 0.6) is 5.75 Å². The molecule has 158 valence electrons. The number of benzene rings is 1. The van der Waals surface area contributed by atoms with E-state index in [4.69, 9.17) is 4.74 Å². The first-order chi connectivity index (χ1) is 13.3. The van der Waals surface area contributed by atoms with Gasteiger partial charge in [0.05, 0.1) is 4.90 Å². The number of nitrogens with one attached hydrogen (secondary N) is 2. The van der Waals surface area contributed by atoms with Crippen LogP contribution in [0.4, 0.5) is 0 Å². The van der Waals surface area contributed by atoms with Crippen molar-refractivity contribution in [2.24, 2.45) is 5.92 Å². The van der Waals surface area contributed by atoms with E-state index in [1.54, 1.807) is 19.1 Å². The predicted molar refractivity (Wildman–Crippen MR) is 111 cm³/mol. The van der Waals surface area contributed by atoms with Crippen molar-refractivity contribution in [1.82, 2.24) is 10.0 Å². The van der Waals surface area contributed by atoms with Crippen molar-refractivity contribution < 1.29 is 17.9 Å². The van der Waals surface area contributed by atoms with Gasteiger partial charge in [0, 0.05) is 12.6 Å². The van der Waals surface area contributed by atoms with E-state index in [1.807, 2.05) is 13.8 Å². The van der Waals surface area contributed by atoms with E-state index in [-0.39, 0.29) is 16.8 Å². The zero-order valence-corrected chi connectivity index (χ0v) is 18.1. The fourth-order valence-electron chi connectivity index (χ4n) is 3.26. The van der Waals surface area contributed by atoms with Crippen LogP contribution < -0.4 is 14.8 Å². The van der Waals surface area contributed by atoms with E-state index >= 15 is 0 Å². The summed E-state index contributed by atoms with van der Waals surface area (Å²) in [6, 6.07) is 6.25. The Hall–Kier alpha value is -1.60. The molecule has 1 atom stereocenters. The van der Waals surface area contributed by atoms with Gasteiger partial charge in [-0.25, -0.2) is 13.1 Å². The molecule has 1 aliphatic carbocycles. The number of ether oxygens (including phenoxy) is 1. The van der Waals surface area contributed by atoms with E-state index in [2.05, 4.69) is 10.0 Å². The monoisotopic (exact) mass is 410 g/mol. The first-order valence-corrected chi connectivity index (χ1v) is 11.8. The third-order valence-electron chi connectivity index (χ3n) is 4.93. The molecule has 1 aromatic carbocycles. The standard InChI is InChI=1S/C21H34N2O4S/c1-16(2)15-22-21(24)17(3)27-19-11-13-20(14-12-19)28(25,26)23-18-9-7-5-4-6-8-10-18/h11-14,16-18,23H,4-10,15H2,1-3H3,(H,22,24)/t17-/m0/s1. The number of hydrogen-bond donors (Lipinski definition) is 2. The quantitative estimate of drug-likeness (QED) is 0.685. The van der Waals surface area contributed by atoms with E-state index in [9.17, 15) is 13.2 Å². The maximum absolute atomic E-state index is 12.7. The molecule has 0 unspecified atom stereocenters. The summed E-state index contributed by atoms with van der Waals surface area (Å²) in [5.74, 6) is 0.652. The van der Waals surface area contributed by atoms with Crippen molar-refractivity contribution in [2.75, 3.05) is 6.54 Å². The molecule has 1 saturated carbocycles. The fraction of sp³-hybridized carbons (Fsp3) is 0.667. The molecular weight excluding hydrogens is 376 g/mol. The number of carbonyl (C=O) groups is 1. The van der Waals surface area contributed by atoms with Gasteiger partial charge in [-0.1, -0.05) is 46.0 Å². The van der Waals surface area contributed by atoms with Crippen LogP contribution in [0.3, 0.4) is 0 Å².